The first kappa shape index (κ1) is 59.9. The Balaban J connectivity index is 0.000000218. The van der Waals surface area contributed by atoms with E-state index in [9.17, 15) is 19.2 Å². The van der Waals surface area contributed by atoms with Gasteiger partial charge >= 0.3 is 23.6 Å². The van der Waals surface area contributed by atoms with Crippen LogP contribution in [-0.4, -0.2) is 133 Å². The molecule has 1 N–H and O–H groups in total. The molecule has 5 aromatic rings. The maximum atomic E-state index is 15.7. The van der Waals surface area contributed by atoms with E-state index in [1.165, 1.54) is 46.8 Å². The van der Waals surface area contributed by atoms with Gasteiger partial charge in [0, 0.05) is 92.7 Å². The molecule has 1 aromatic carbocycles. The molecule has 4 atom stereocenters. The molecule has 2 fully saturated rings. The van der Waals surface area contributed by atoms with Crippen LogP contribution < -0.4 is 36.1 Å². The third kappa shape index (κ3) is 12.5. The summed E-state index contributed by atoms with van der Waals surface area (Å²) in [6, 6.07) is 6.48. The van der Waals surface area contributed by atoms with Gasteiger partial charge in [0.15, 0.2) is 11.6 Å². The molecule has 8 heterocycles. The first-order valence-electron chi connectivity index (χ1n) is 28.0. The number of piperazine rings is 2. The highest BCUT2D eigenvalue weighted by Crippen LogP contribution is 2.39. The predicted octanol–water partition coefficient (Wildman–Crippen LogP) is 8.80. The van der Waals surface area contributed by atoms with Gasteiger partial charge in [-0.05, 0) is 125 Å². The van der Waals surface area contributed by atoms with E-state index in [1.807, 2.05) is 107 Å². The van der Waals surface area contributed by atoms with E-state index in [0.717, 1.165) is 17.7 Å². The van der Waals surface area contributed by atoms with Crippen molar-refractivity contribution in [3.63, 3.8) is 0 Å². The lowest BCUT2D eigenvalue weighted by atomic mass is 10.00. The standard InChI is InChI=1S/C33H42F2N6O4.C26H37FN6O3/c1-19(2)27-29(24(35)12-14-36-27)41-25-18-38(28-23(34)10-9-11-26(28)44-8)15-13-22(25)30(37-31(41)42)39-16-21(4)40(17-20(39)3)32(43)45-33(5,6)7;1-15(2)21-22(19(27)9-11-29-21)33-20-12-28-10-8-18(20)23(30-24(33)34)31-13-17(4)32(14-16(31)3)25(35)36-26(5,6)7/h9-12,14,19-21H,13,15-18H2,1-8H3;9,11,15-17,28H,8,10,12-14H2,1-7H3/t20-,21+;16-,17+/m00/s1. The van der Waals surface area contributed by atoms with Crippen molar-refractivity contribution >= 4 is 29.5 Å². The summed E-state index contributed by atoms with van der Waals surface area (Å²) in [7, 11) is 1.48. The number of halogens is 3. The Morgan fingerprint density at radius 2 is 1.09 bits per heavy atom. The predicted molar refractivity (Wildman–Crippen MR) is 305 cm³/mol. The zero-order valence-corrected chi connectivity index (χ0v) is 49.5. The first-order valence-corrected chi connectivity index (χ1v) is 28.0. The normalized spacial score (nSPS) is 19.5. The number of nitrogens with zero attached hydrogens (tertiary/aromatic N) is 11. The molecular weight excluding hydrogens is 1050 g/mol. The quantitative estimate of drug-likeness (QED) is 0.155. The number of amides is 2. The molecule has 4 aliphatic heterocycles. The summed E-state index contributed by atoms with van der Waals surface area (Å²) in [6.07, 6.45) is 3.14. The van der Waals surface area contributed by atoms with E-state index in [4.69, 9.17) is 14.2 Å². The Kier molecular flexibility index (Phi) is 17.5. The van der Waals surface area contributed by atoms with Crippen molar-refractivity contribution in [3.8, 4) is 17.1 Å². The van der Waals surface area contributed by atoms with Crippen LogP contribution in [-0.2, 0) is 35.4 Å². The van der Waals surface area contributed by atoms with E-state index in [-0.39, 0.29) is 65.7 Å². The van der Waals surface area contributed by atoms with Crippen molar-refractivity contribution < 1.29 is 37.0 Å². The molecule has 0 spiro atoms. The molecule has 0 aliphatic carbocycles. The molecular formula is C59H79F3N12O7. The summed E-state index contributed by atoms with van der Waals surface area (Å²) >= 11 is 0. The highest BCUT2D eigenvalue weighted by Gasteiger charge is 2.40. The number of carbonyl (C=O) groups is 2. The average Bonchev–Trinajstić information content (AvgIpc) is 3.60. The van der Waals surface area contributed by atoms with Gasteiger partial charge in [0.2, 0.25) is 0 Å². The van der Waals surface area contributed by atoms with Gasteiger partial charge in [-0.15, -0.1) is 0 Å². The van der Waals surface area contributed by atoms with E-state index >= 15 is 13.2 Å². The summed E-state index contributed by atoms with van der Waals surface area (Å²) < 4.78 is 65.5. The third-order valence-corrected chi connectivity index (χ3v) is 15.0. The van der Waals surface area contributed by atoms with Crippen LogP contribution in [0.2, 0.25) is 0 Å². The number of rotatable bonds is 8. The molecule has 19 nitrogen and oxygen atoms in total. The zero-order valence-electron chi connectivity index (χ0n) is 49.5. The number of carbonyl (C=O) groups excluding carboxylic acids is 2. The van der Waals surface area contributed by atoms with E-state index in [2.05, 4.69) is 30.2 Å². The number of anilines is 3. The first-order chi connectivity index (χ1) is 38.1. The largest absolute Gasteiger partial charge is 0.494 e. The topological polar surface area (TPSA) is 186 Å². The summed E-state index contributed by atoms with van der Waals surface area (Å²) in [5, 5.41) is 3.32. The van der Waals surface area contributed by atoms with Crippen LogP contribution in [0, 0.1) is 17.5 Å². The minimum Gasteiger partial charge on any atom is -0.494 e. The van der Waals surface area contributed by atoms with Crippen LogP contribution in [0.5, 0.6) is 5.75 Å². The van der Waals surface area contributed by atoms with E-state index in [1.54, 1.807) is 21.9 Å². The Morgan fingerprint density at radius 3 is 1.54 bits per heavy atom. The number of pyridine rings is 2. The van der Waals surface area contributed by atoms with Gasteiger partial charge in [0.25, 0.3) is 0 Å². The van der Waals surface area contributed by atoms with Crippen LogP contribution in [0.15, 0.2) is 52.3 Å². The Hall–Kier alpha value is -7.23. The number of ether oxygens (including phenoxy) is 3. The lowest BCUT2D eigenvalue weighted by Crippen LogP contribution is -2.59. The Bertz CT molecular complexity index is 3280. The summed E-state index contributed by atoms with van der Waals surface area (Å²) in [4.78, 5) is 80.7. The maximum absolute atomic E-state index is 15.7. The average molecular weight is 1130 g/mol. The molecule has 2 saturated heterocycles. The van der Waals surface area contributed by atoms with Gasteiger partial charge in [0.05, 0.1) is 30.7 Å². The van der Waals surface area contributed by atoms with Gasteiger partial charge in [0.1, 0.15) is 51.5 Å². The van der Waals surface area contributed by atoms with Crippen molar-refractivity contribution in [2.75, 3.05) is 61.1 Å². The monoisotopic (exact) mass is 1120 g/mol. The number of hydrogen-bond acceptors (Lipinski definition) is 15. The molecule has 2 amide bonds. The number of benzene rings is 1. The molecule has 438 valence electrons. The van der Waals surface area contributed by atoms with Crippen LogP contribution in [0.3, 0.4) is 0 Å². The van der Waals surface area contributed by atoms with Crippen LogP contribution in [0.1, 0.15) is 143 Å². The zero-order chi connectivity index (χ0) is 59.2. The molecule has 0 radical (unpaired) electrons. The van der Waals surface area contributed by atoms with Gasteiger partial charge in [-0.2, -0.15) is 9.97 Å². The number of methoxy groups -OCH3 is 1. The maximum Gasteiger partial charge on any atom is 0.410 e. The van der Waals surface area contributed by atoms with Crippen molar-refractivity contribution in [3.05, 3.63) is 115 Å². The number of nitrogens with one attached hydrogen (secondary N) is 1. The van der Waals surface area contributed by atoms with Gasteiger partial charge < -0.3 is 44.0 Å². The summed E-state index contributed by atoms with van der Waals surface area (Å²) in [6.45, 7) is 29.9. The van der Waals surface area contributed by atoms with E-state index < -0.39 is 46.1 Å². The van der Waals surface area contributed by atoms with Gasteiger partial charge in [-0.1, -0.05) is 33.8 Å². The van der Waals surface area contributed by atoms with Gasteiger partial charge in [-0.25, -0.2) is 32.3 Å². The highest BCUT2D eigenvalue weighted by atomic mass is 19.1. The molecule has 81 heavy (non-hydrogen) atoms. The third-order valence-electron chi connectivity index (χ3n) is 15.0. The lowest BCUT2D eigenvalue weighted by Gasteiger charge is -2.46. The number of aromatic nitrogens is 6. The molecule has 22 heteroatoms. The fraction of sp³-hybridized carbons (Fsp3) is 0.559. The van der Waals surface area contributed by atoms with Crippen LogP contribution >= 0.6 is 0 Å². The molecule has 0 bridgehead atoms. The minimum absolute atomic E-state index is 0.0475. The van der Waals surface area contributed by atoms with Crippen LogP contribution in [0.25, 0.3) is 11.4 Å². The Morgan fingerprint density at radius 1 is 0.630 bits per heavy atom. The number of hydrogen-bond donors (Lipinski definition) is 1. The molecule has 0 saturated carbocycles. The molecule has 0 unspecified atom stereocenters. The Labute approximate surface area is 472 Å². The summed E-state index contributed by atoms with van der Waals surface area (Å²) in [5.41, 5.74) is 1.94. The molecule has 4 aliphatic rings. The van der Waals surface area contributed by atoms with Crippen LogP contribution in [0.4, 0.5) is 40.1 Å². The number of para-hydroxylation sites is 1. The van der Waals surface area contributed by atoms with Gasteiger partial charge in [-0.3, -0.25) is 19.1 Å². The van der Waals surface area contributed by atoms with E-state index in [0.29, 0.717) is 92.3 Å². The smallest absolute Gasteiger partial charge is 0.410 e. The molecule has 4 aromatic heterocycles. The highest BCUT2D eigenvalue weighted by molar-refractivity contribution is 5.71. The van der Waals surface area contributed by atoms with Crippen molar-refractivity contribution in [2.24, 2.45) is 0 Å². The molecule has 9 rings (SSSR count). The second-order valence-corrected chi connectivity index (χ2v) is 24.2. The second-order valence-electron chi connectivity index (χ2n) is 24.2. The fourth-order valence-electron chi connectivity index (χ4n) is 11.2. The van der Waals surface area contributed by atoms with Crippen molar-refractivity contribution in [2.45, 2.75) is 170 Å². The number of fused-ring (bicyclic) bond motifs is 2. The summed E-state index contributed by atoms with van der Waals surface area (Å²) in [5.74, 6) is -0.347. The van der Waals surface area contributed by atoms with Crippen molar-refractivity contribution in [1.29, 1.82) is 0 Å². The lowest BCUT2D eigenvalue weighted by molar-refractivity contribution is 0.0119. The SMILES string of the molecule is CC(C)c1nccc(F)c1-n1c2c(c(N3C[C@@H](C)N(C(=O)OC(C)(C)C)C[C@@H]3C)nc1=O)CCNC2.COc1cccc(F)c1N1CCc2c(N3C[C@@H](C)N(C(=O)OC(C)(C)C)C[C@@H]3C)nc(=O)n(-c3c(F)ccnc3C(C)C)c2C1. The fourth-order valence-corrected chi connectivity index (χ4v) is 11.2. The second kappa shape index (κ2) is 23.7. The minimum atomic E-state index is -0.658. The van der Waals surface area contributed by atoms with Crippen molar-refractivity contribution in [1.82, 2.24) is 44.2 Å².